The number of hydrogen-bond donors (Lipinski definition) is 0. The average molecular weight is 161 g/mol. The van der Waals surface area contributed by atoms with Crippen LogP contribution in [0.15, 0.2) is 17.1 Å². The van der Waals surface area contributed by atoms with Crippen molar-refractivity contribution in [3.8, 4) is 0 Å². The lowest BCUT2D eigenvalue weighted by atomic mass is 10.0. The Bertz CT molecular complexity index is 349. The van der Waals surface area contributed by atoms with E-state index in [0.29, 0.717) is 0 Å². The Balaban J connectivity index is 3.42. The average Bonchev–Trinajstić information content (AvgIpc) is 2.06. The third-order valence-corrected chi connectivity index (χ3v) is 2.06. The van der Waals surface area contributed by atoms with Crippen molar-refractivity contribution < 1.29 is 4.79 Å². The van der Waals surface area contributed by atoms with Gasteiger partial charge in [-0.05, 0) is 37.5 Å². The highest BCUT2D eigenvalue weighted by Gasteiger charge is 2.02. The van der Waals surface area contributed by atoms with Crippen LogP contribution < -0.4 is 0 Å². The maximum atomic E-state index is 10.1. The Morgan fingerprint density at radius 1 is 1.17 bits per heavy atom. The van der Waals surface area contributed by atoms with Crippen LogP contribution in [0.25, 0.3) is 0 Å². The first kappa shape index (κ1) is 8.69. The Morgan fingerprint density at radius 2 is 1.75 bits per heavy atom. The van der Waals surface area contributed by atoms with E-state index in [1.54, 1.807) is 6.08 Å². The van der Waals surface area contributed by atoms with E-state index in [2.05, 4.69) is 4.99 Å². The first-order valence-corrected chi connectivity index (χ1v) is 3.81. The van der Waals surface area contributed by atoms with Gasteiger partial charge in [-0.3, -0.25) is 0 Å². The van der Waals surface area contributed by atoms with Crippen molar-refractivity contribution in [2.45, 2.75) is 20.8 Å². The van der Waals surface area contributed by atoms with Gasteiger partial charge in [0, 0.05) is 0 Å². The smallest absolute Gasteiger partial charge is 0.211 e. The fourth-order valence-electron chi connectivity index (χ4n) is 1.15. The fraction of sp³-hybridized carbons (Fsp3) is 0.300. The molecule has 0 aromatic heterocycles. The van der Waals surface area contributed by atoms with E-state index in [1.807, 2.05) is 32.9 Å². The first-order valence-electron chi connectivity index (χ1n) is 3.81. The molecule has 12 heavy (non-hydrogen) atoms. The van der Waals surface area contributed by atoms with E-state index in [4.69, 9.17) is 0 Å². The predicted octanol–water partition coefficient (Wildman–Crippen LogP) is 2.58. The van der Waals surface area contributed by atoms with Crippen molar-refractivity contribution >= 4 is 11.8 Å². The van der Waals surface area contributed by atoms with Gasteiger partial charge in [0.05, 0.1) is 5.69 Å². The number of benzene rings is 1. The van der Waals surface area contributed by atoms with Crippen LogP contribution in [0.1, 0.15) is 16.7 Å². The van der Waals surface area contributed by atoms with Gasteiger partial charge in [0.15, 0.2) is 0 Å². The van der Waals surface area contributed by atoms with Gasteiger partial charge in [-0.25, -0.2) is 4.79 Å². The SMILES string of the molecule is Cc1ccc(C)c(N=C=O)c1C. The van der Waals surface area contributed by atoms with Crippen molar-refractivity contribution in [1.82, 2.24) is 0 Å². The molecular weight excluding hydrogens is 150 g/mol. The number of aryl methyl sites for hydroxylation is 2. The van der Waals surface area contributed by atoms with Crippen molar-refractivity contribution in [2.75, 3.05) is 0 Å². The lowest BCUT2D eigenvalue weighted by molar-refractivity contribution is 0.565. The van der Waals surface area contributed by atoms with Crippen LogP contribution in [-0.2, 0) is 4.79 Å². The number of nitrogens with zero attached hydrogens (tertiary/aromatic N) is 1. The van der Waals surface area contributed by atoms with Crippen LogP contribution in [0.3, 0.4) is 0 Å². The molecule has 0 bridgehead atoms. The van der Waals surface area contributed by atoms with Crippen molar-refractivity contribution in [3.05, 3.63) is 28.8 Å². The lowest BCUT2D eigenvalue weighted by Gasteiger charge is -2.05. The molecule has 0 radical (unpaired) electrons. The minimum absolute atomic E-state index is 0.755. The summed E-state index contributed by atoms with van der Waals surface area (Å²) in [5, 5.41) is 0. The highest BCUT2D eigenvalue weighted by molar-refractivity contribution is 5.59. The van der Waals surface area contributed by atoms with Crippen molar-refractivity contribution in [3.63, 3.8) is 0 Å². The highest BCUT2D eigenvalue weighted by atomic mass is 16.1. The molecule has 0 aliphatic carbocycles. The zero-order valence-electron chi connectivity index (χ0n) is 7.51. The molecule has 0 N–H and O–H groups in total. The number of rotatable bonds is 1. The zero-order chi connectivity index (χ0) is 9.14. The molecule has 0 unspecified atom stereocenters. The normalized spacial score (nSPS) is 9.25. The lowest BCUT2D eigenvalue weighted by Crippen LogP contribution is -1.84. The molecule has 0 saturated carbocycles. The quantitative estimate of drug-likeness (QED) is 0.459. The standard InChI is InChI=1S/C10H11NO/c1-7-4-5-8(2)10(9(7)3)11-6-12/h4-5H,1-3H3. The molecule has 0 atom stereocenters. The highest BCUT2D eigenvalue weighted by Crippen LogP contribution is 2.25. The van der Waals surface area contributed by atoms with Crippen molar-refractivity contribution in [1.29, 1.82) is 0 Å². The molecule has 0 aliphatic heterocycles. The van der Waals surface area contributed by atoms with Crippen LogP contribution in [0.2, 0.25) is 0 Å². The second-order valence-corrected chi connectivity index (χ2v) is 2.88. The molecule has 0 saturated heterocycles. The molecule has 0 aliphatic rings. The van der Waals surface area contributed by atoms with Gasteiger partial charge >= 0.3 is 0 Å². The van der Waals surface area contributed by atoms with Crippen LogP contribution in [0.5, 0.6) is 0 Å². The summed E-state index contributed by atoms with van der Waals surface area (Å²) in [5.41, 5.74) is 3.97. The van der Waals surface area contributed by atoms with E-state index >= 15 is 0 Å². The Labute approximate surface area is 71.9 Å². The molecule has 1 aromatic carbocycles. The van der Waals surface area contributed by atoms with Gasteiger partial charge in [0.2, 0.25) is 6.08 Å². The van der Waals surface area contributed by atoms with Gasteiger partial charge in [0.1, 0.15) is 0 Å². The maximum absolute atomic E-state index is 10.1. The van der Waals surface area contributed by atoms with Crippen LogP contribution in [0, 0.1) is 20.8 Å². The van der Waals surface area contributed by atoms with Gasteiger partial charge in [0.25, 0.3) is 0 Å². The van der Waals surface area contributed by atoms with E-state index in [0.717, 1.165) is 22.4 Å². The molecule has 0 heterocycles. The molecule has 2 heteroatoms. The van der Waals surface area contributed by atoms with E-state index in [9.17, 15) is 4.79 Å². The van der Waals surface area contributed by atoms with Gasteiger partial charge < -0.3 is 0 Å². The monoisotopic (exact) mass is 161 g/mol. The molecule has 2 nitrogen and oxygen atoms in total. The number of carbonyl (C=O) groups excluding carboxylic acids is 1. The molecule has 1 aromatic rings. The first-order chi connectivity index (χ1) is 5.66. The van der Waals surface area contributed by atoms with E-state index in [1.165, 1.54) is 0 Å². The third kappa shape index (κ3) is 1.44. The summed E-state index contributed by atoms with van der Waals surface area (Å²) in [7, 11) is 0. The van der Waals surface area contributed by atoms with Crippen LogP contribution in [0.4, 0.5) is 5.69 Å². The molecular formula is C10H11NO. The van der Waals surface area contributed by atoms with Crippen LogP contribution >= 0.6 is 0 Å². The van der Waals surface area contributed by atoms with Crippen molar-refractivity contribution in [2.24, 2.45) is 4.99 Å². The molecule has 1 rings (SSSR count). The Kier molecular flexibility index (Phi) is 2.41. The minimum Gasteiger partial charge on any atom is -0.211 e. The second kappa shape index (κ2) is 3.33. The van der Waals surface area contributed by atoms with Crippen LogP contribution in [-0.4, -0.2) is 6.08 Å². The minimum atomic E-state index is 0.755. The summed E-state index contributed by atoms with van der Waals surface area (Å²) in [5.74, 6) is 0. The number of hydrogen-bond acceptors (Lipinski definition) is 2. The summed E-state index contributed by atoms with van der Waals surface area (Å²) >= 11 is 0. The topological polar surface area (TPSA) is 29.4 Å². The summed E-state index contributed by atoms with van der Waals surface area (Å²) in [6.07, 6.45) is 1.57. The zero-order valence-corrected chi connectivity index (χ0v) is 7.51. The Morgan fingerprint density at radius 3 is 2.33 bits per heavy atom. The Hall–Kier alpha value is -1.40. The summed E-state index contributed by atoms with van der Waals surface area (Å²) in [4.78, 5) is 13.8. The van der Waals surface area contributed by atoms with E-state index in [-0.39, 0.29) is 0 Å². The maximum Gasteiger partial charge on any atom is 0.240 e. The molecule has 0 amide bonds. The fourth-order valence-corrected chi connectivity index (χ4v) is 1.15. The molecule has 62 valence electrons. The summed E-state index contributed by atoms with van der Waals surface area (Å²) < 4.78 is 0. The second-order valence-electron chi connectivity index (χ2n) is 2.88. The summed E-state index contributed by atoms with van der Waals surface area (Å²) in [6.45, 7) is 5.89. The largest absolute Gasteiger partial charge is 0.240 e. The van der Waals surface area contributed by atoms with Gasteiger partial charge in [-0.15, -0.1) is 0 Å². The predicted molar refractivity (Wildman–Crippen MR) is 48.4 cm³/mol. The third-order valence-electron chi connectivity index (χ3n) is 2.06. The molecule has 0 fully saturated rings. The summed E-state index contributed by atoms with van der Waals surface area (Å²) in [6, 6.07) is 3.98. The van der Waals surface area contributed by atoms with E-state index < -0.39 is 0 Å². The van der Waals surface area contributed by atoms with Gasteiger partial charge in [-0.2, -0.15) is 4.99 Å². The number of isocyanates is 1. The number of aliphatic imine (C=N–C) groups is 1. The van der Waals surface area contributed by atoms with Gasteiger partial charge in [-0.1, -0.05) is 12.1 Å². The molecule has 0 spiro atoms.